The third-order valence-electron chi connectivity index (χ3n) is 3.74. The van der Waals surface area contributed by atoms with Gasteiger partial charge in [0, 0.05) is 16.9 Å². The molecule has 2 heterocycles. The molecule has 1 aliphatic carbocycles. The lowest BCUT2D eigenvalue weighted by molar-refractivity contribution is 0.696. The molecule has 1 aromatic rings. The molecule has 0 unspecified atom stereocenters. The molecular formula is C16H16BrN5. The number of hydrogen-bond donors (Lipinski definition) is 2. The van der Waals surface area contributed by atoms with E-state index in [-0.39, 0.29) is 0 Å². The van der Waals surface area contributed by atoms with Gasteiger partial charge in [0.15, 0.2) is 5.96 Å². The standard InChI is InChI=1S/C16H16BrN5/c17-13-6-3-8-19-15(13)12(10-18)14-7-9-20-16(22-14)21-11-4-1-2-5-11/h3,6-9,11H,1-2,4-5H2,(H2,20,21,22)/b14-12-. The lowest BCUT2D eigenvalue weighted by Crippen LogP contribution is -2.38. The zero-order valence-electron chi connectivity index (χ0n) is 12.0. The van der Waals surface area contributed by atoms with Crippen LogP contribution in [0.5, 0.6) is 0 Å². The van der Waals surface area contributed by atoms with Crippen LogP contribution in [0.2, 0.25) is 0 Å². The Hall–Kier alpha value is -2.13. The van der Waals surface area contributed by atoms with Crippen LogP contribution in [0.3, 0.4) is 0 Å². The molecular weight excluding hydrogens is 342 g/mol. The number of nitrogens with zero attached hydrogens (tertiary/aromatic N) is 3. The summed E-state index contributed by atoms with van der Waals surface area (Å²) in [6.07, 6.45) is 10.0. The quantitative estimate of drug-likeness (QED) is 0.797. The summed E-state index contributed by atoms with van der Waals surface area (Å²) < 4.78 is 0.794. The Morgan fingerprint density at radius 1 is 1.41 bits per heavy atom. The van der Waals surface area contributed by atoms with Crippen molar-refractivity contribution in [3.05, 3.63) is 46.5 Å². The van der Waals surface area contributed by atoms with Gasteiger partial charge in [-0.15, -0.1) is 0 Å². The van der Waals surface area contributed by atoms with Gasteiger partial charge in [0.2, 0.25) is 0 Å². The molecule has 1 fully saturated rings. The molecule has 0 amide bonds. The Balaban J connectivity index is 1.92. The fraction of sp³-hybridized carbons (Fsp3) is 0.312. The van der Waals surface area contributed by atoms with E-state index >= 15 is 0 Å². The van der Waals surface area contributed by atoms with Crippen molar-refractivity contribution < 1.29 is 0 Å². The zero-order chi connectivity index (χ0) is 15.4. The van der Waals surface area contributed by atoms with Gasteiger partial charge in [0.25, 0.3) is 0 Å². The minimum absolute atomic E-state index is 0.370. The zero-order valence-corrected chi connectivity index (χ0v) is 13.6. The molecule has 112 valence electrons. The van der Waals surface area contributed by atoms with Crippen LogP contribution in [0, 0.1) is 11.3 Å². The number of hydrogen-bond acceptors (Lipinski definition) is 3. The van der Waals surface area contributed by atoms with Crippen molar-refractivity contribution in [2.75, 3.05) is 0 Å². The number of nitrogens with one attached hydrogen (secondary N) is 2. The van der Waals surface area contributed by atoms with Gasteiger partial charge in [0.05, 0.1) is 17.4 Å². The predicted octanol–water partition coefficient (Wildman–Crippen LogP) is 3.08. The van der Waals surface area contributed by atoms with Crippen molar-refractivity contribution in [1.82, 2.24) is 15.6 Å². The van der Waals surface area contributed by atoms with E-state index in [4.69, 9.17) is 0 Å². The average molecular weight is 358 g/mol. The third kappa shape index (κ3) is 3.20. The summed E-state index contributed by atoms with van der Waals surface area (Å²) in [5, 5.41) is 15.8. The van der Waals surface area contributed by atoms with E-state index in [0.717, 1.165) is 17.3 Å². The molecule has 0 atom stereocenters. The molecule has 1 saturated carbocycles. The van der Waals surface area contributed by atoms with Crippen LogP contribution in [-0.2, 0) is 0 Å². The fourth-order valence-electron chi connectivity index (χ4n) is 2.65. The smallest absolute Gasteiger partial charge is 0.200 e. The minimum Gasteiger partial charge on any atom is -0.333 e. The molecule has 0 aromatic carbocycles. The highest BCUT2D eigenvalue weighted by atomic mass is 79.9. The average Bonchev–Trinajstić information content (AvgIpc) is 3.03. The molecule has 1 aromatic heterocycles. The molecule has 0 bridgehead atoms. The van der Waals surface area contributed by atoms with Crippen LogP contribution < -0.4 is 10.6 Å². The van der Waals surface area contributed by atoms with E-state index < -0.39 is 0 Å². The van der Waals surface area contributed by atoms with Gasteiger partial charge in [-0.1, -0.05) is 12.8 Å². The first kappa shape index (κ1) is 14.8. The minimum atomic E-state index is 0.370. The normalized spacial score (nSPS) is 22.1. The van der Waals surface area contributed by atoms with Crippen LogP contribution in [0.4, 0.5) is 0 Å². The Labute approximate surface area is 138 Å². The lowest BCUT2D eigenvalue weighted by Gasteiger charge is -2.18. The summed E-state index contributed by atoms with van der Waals surface area (Å²) in [5.74, 6) is 0.698. The SMILES string of the molecule is N#C/C(=C1\C=CNC(=NC2CCCC2)N1)c1ncccc1Br. The number of aromatic nitrogens is 1. The summed E-state index contributed by atoms with van der Waals surface area (Å²) in [4.78, 5) is 8.98. The van der Waals surface area contributed by atoms with Crippen molar-refractivity contribution in [2.45, 2.75) is 31.7 Å². The van der Waals surface area contributed by atoms with Gasteiger partial charge in [-0.2, -0.15) is 5.26 Å². The highest BCUT2D eigenvalue weighted by molar-refractivity contribution is 9.10. The first-order chi connectivity index (χ1) is 10.8. The third-order valence-corrected chi connectivity index (χ3v) is 4.38. The van der Waals surface area contributed by atoms with Gasteiger partial charge in [0.1, 0.15) is 11.6 Å². The van der Waals surface area contributed by atoms with Crippen molar-refractivity contribution in [2.24, 2.45) is 4.99 Å². The van der Waals surface area contributed by atoms with Crippen LogP contribution in [0.1, 0.15) is 31.4 Å². The Bertz CT molecular complexity index is 693. The van der Waals surface area contributed by atoms with Crippen LogP contribution in [-0.4, -0.2) is 17.0 Å². The van der Waals surface area contributed by atoms with Gasteiger partial charge in [-0.3, -0.25) is 4.98 Å². The molecule has 5 nitrogen and oxygen atoms in total. The van der Waals surface area contributed by atoms with Gasteiger partial charge in [-0.25, -0.2) is 4.99 Å². The highest BCUT2D eigenvalue weighted by Gasteiger charge is 2.18. The molecule has 6 heteroatoms. The van der Waals surface area contributed by atoms with Crippen LogP contribution >= 0.6 is 15.9 Å². The first-order valence-electron chi connectivity index (χ1n) is 7.31. The van der Waals surface area contributed by atoms with Crippen molar-refractivity contribution in [3.63, 3.8) is 0 Å². The number of allylic oxidation sites excluding steroid dienone is 2. The van der Waals surface area contributed by atoms with Crippen molar-refractivity contribution >= 4 is 27.5 Å². The maximum Gasteiger partial charge on any atom is 0.200 e. The predicted molar refractivity (Wildman–Crippen MR) is 89.6 cm³/mol. The maximum atomic E-state index is 9.52. The topological polar surface area (TPSA) is 73.1 Å². The number of aliphatic imine (C=N–C) groups is 1. The number of guanidine groups is 1. The molecule has 2 N–H and O–H groups in total. The summed E-state index contributed by atoms with van der Waals surface area (Å²) >= 11 is 3.44. The van der Waals surface area contributed by atoms with Gasteiger partial charge < -0.3 is 10.6 Å². The van der Waals surface area contributed by atoms with Gasteiger partial charge >= 0.3 is 0 Å². The summed E-state index contributed by atoms with van der Waals surface area (Å²) in [6.45, 7) is 0. The molecule has 1 aliphatic heterocycles. The van der Waals surface area contributed by atoms with E-state index in [1.54, 1.807) is 12.4 Å². The molecule has 3 rings (SSSR count). The van der Waals surface area contributed by atoms with Crippen LogP contribution in [0.15, 0.2) is 45.8 Å². The molecule has 0 radical (unpaired) electrons. The van der Waals surface area contributed by atoms with E-state index in [1.807, 2.05) is 18.2 Å². The Morgan fingerprint density at radius 2 is 2.23 bits per heavy atom. The fourth-order valence-corrected chi connectivity index (χ4v) is 3.10. The maximum absolute atomic E-state index is 9.52. The summed E-state index contributed by atoms with van der Waals surface area (Å²) in [5.41, 5.74) is 1.82. The summed E-state index contributed by atoms with van der Waals surface area (Å²) in [6, 6.07) is 6.30. The summed E-state index contributed by atoms with van der Waals surface area (Å²) in [7, 11) is 0. The lowest BCUT2D eigenvalue weighted by atomic mass is 10.1. The van der Waals surface area contributed by atoms with E-state index in [1.165, 1.54) is 12.8 Å². The Kier molecular flexibility index (Phi) is 4.54. The van der Waals surface area contributed by atoms with Crippen LogP contribution in [0.25, 0.3) is 5.57 Å². The molecule has 2 aliphatic rings. The van der Waals surface area contributed by atoms with E-state index in [9.17, 15) is 5.26 Å². The molecule has 0 saturated heterocycles. The second-order valence-corrected chi connectivity index (χ2v) is 6.11. The molecule has 0 spiro atoms. The monoisotopic (exact) mass is 357 g/mol. The van der Waals surface area contributed by atoms with E-state index in [2.05, 4.69) is 42.6 Å². The first-order valence-corrected chi connectivity index (χ1v) is 8.10. The number of nitriles is 1. The van der Waals surface area contributed by atoms with Gasteiger partial charge in [-0.05, 0) is 47.0 Å². The Morgan fingerprint density at radius 3 is 2.95 bits per heavy atom. The van der Waals surface area contributed by atoms with Crippen molar-refractivity contribution in [3.8, 4) is 6.07 Å². The number of rotatable bonds is 2. The largest absolute Gasteiger partial charge is 0.333 e. The molecule has 22 heavy (non-hydrogen) atoms. The number of pyridine rings is 1. The second-order valence-electron chi connectivity index (χ2n) is 5.25. The second kappa shape index (κ2) is 6.75. The van der Waals surface area contributed by atoms with Crippen molar-refractivity contribution in [1.29, 1.82) is 5.26 Å². The van der Waals surface area contributed by atoms with E-state index in [0.29, 0.717) is 29.0 Å². The number of halogens is 1. The highest BCUT2D eigenvalue weighted by Crippen LogP contribution is 2.25.